The maximum absolute atomic E-state index is 5.42. The number of ether oxygens (including phenoxy) is 1. The lowest BCUT2D eigenvalue weighted by Gasteiger charge is -2.03. The standard InChI is InChI=1S/C11H10N2O/c1-3-7-12-10(5-1)9-14-11-6-2-4-8-13-11/h1-8H,9H2. The Labute approximate surface area is 82.4 Å². The van der Waals surface area contributed by atoms with Gasteiger partial charge in [0.15, 0.2) is 0 Å². The number of pyridine rings is 2. The molecule has 3 nitrogen and oxygen atoms in total. The Hall–Kier alpha value is -1.90. The summed E-state index contributed by atoms with van der Waals surface area (Å²) in [6.45, 7) is 0.456. The molecule has 70 valence electrons. The second-order valence-electron chi connectivity index (χ2n) is 2.78. The van der Waals surface area contributed by atoms with E-state index in [0.717, 1.165) is 5.69 Å². The molecule has 0 radical (unpaired) electrons. The van der Waals surface area contributed by atoms with Crippen LogP contribution in [0.4, 0.5) is 0 Å². The molecular weight excluding hydrogens is 176 g/mol. The van der Waals surface area contributed by atoms with Crippen molar-refractivity contribution in [1.29, 1.82) is 0 Å². The second kappa shape index (κ2) is 4.37. The van der Waals surface area contributed by atoms with Gasteiger partial charge < -0.3 is 4.74 Å². The van der Waals surface area contributed by atoms with Gasteiger partial charge in [-0.3, -0.25) is 4.98 Å². The van der Waals surface area contributed by atoms with Gasteiger partial charge in [-0.05, 0) is 18.2 Å². The van der Waals surface area contributed by atoms with Crippen molar-refractivity contribution in [2.45, 2.75) is 6.61 Å². The second-order valence-corrected chi connectivity index (χ2v) is 2.78. The highest BCUT2D eigenvalue weighted by Crippen LogP contribution is 2.05. The van der Waals surface area contributed by atoms with Gasteiger partial charge in [0.25, 0.3) is 0 Å². The van der Waals surface area contributed by atoms with Crippen LogP contribution in [0.5, 0.6) is 5.88 Å². The van der Waals surface area contributed by atoms with Crippen LogP contribution < -0.4 is 4.74 Å². The average molecular weight is 186 g/mol. The smallest absolute Gasteiger partial charge is 0.213 e. The molecule has 0 atom stereocenters. The molecule has 3 heteroatoms. The molecule has 14 heavy (non-hydrogen) atoms. The first kappa shape index (κ1) is 8.69. The van der Waals surface area contributed by atoms with Crippen LogP contribution in [0.3, 0.4) is 0 Å². The summed E-state index contributed by atoms with van der Waals surface area (Å²) in [4.78, 5) is 8.18. The van der Waals surface area contributed by atoms with Crippen molar-refractivity contribution in [2.75, 3.05) is 0 Å². The number of hydrogen-bond acceptors (Lipinski definition) is 3. The van der Waals surface area contributed by atoms with E-state index in [1.807, 2.05) is 36.4 Å². The highest BCUT2D eigenvalue weighted by molar-refractivity contribution is 5.10. The highest BCUT2D eigenvalue weighted by atomic mass is 16.5. The molecule has 0 amide bonds. The molecule has 0 aliphatic carbocycles. The Bertz CT molecular complexity index is 336. The van der Waals surface area contributed by atoms with Crippen molar-refractivity contribution in [3.63, 3.8) is 0 Å². The fourth-order valence-corrected chi connectivity index (χ4v) is 1.06. The fourth-order valence-electron chi connectivity index (χ4n) is 1.06. The van der Waals surface area contributed by atoms with Crippen molar-refractivity contribution in [3.05, 3.63) is 54.5 Å². The first-order valence-electron chi connectivity index (χ1n) is 4.39. The lowest BCUT2D eigenvalue weighted by molar-refractivity contribution is 0.289. The van der Waals surface area contributed by atoms with E-state index in [1.54, 1.807) is 12.4 Å². The molecule has 0 unspecified atom stereocenters. The summed E-state index contributed by atoms with van der Waals surface area (Å²) in [7, 11) is 0. The Morgan fingerprint density at radius 2 is 1.71 bits per heavy atom. The first-order chi connectivity index (χ1) is 6.95. The SMILES string of the molecule is c1ccc(COc2ccccn2)nc1. The lowest BCUT2D eigenvalue weighted by Crippen LogP contribution is -1.98. The molecule has 0 aliphatic heterocycles. The molecule has 0 saturated carbocycles. The molecule has 0 aliphatic rings. The van der Waals surface area contributed by atoms with Gasteiger partial charge in [-0.25, -0.2) is 4.98 Å². The predicted octanol–water partition coefficient (Wildman–Crippen LogP) is 2.06. The Morgan fingerprint density at radius 1 is 0.929 bits per heavy atom. The van der Waals surface area contributed by atoms with Gasteiger partial charge >= 0.3 is 0 Å². The van der Waals surface area contributed by atoms with E-state index in [1.165, 1.54) is 0 Å². The van der Waals surface area contributed by atoms with Crippen molar-refractivity contribution in [2.24, 2.45) is 0 Å². The Morgan fingerprint density at radius 3 is 2.36 bits per heavy atom. The zero-order valence-corrected chi connectivity index (χ0v) is 7.63. The van der Waals surface area contributed by atoms with Gasteiger partial charge in [0.2, 0.25) is 5.88 Å². The molecule has 0 aromatic carbocycles. The third-order valence-corrected chi connectivity index (χ3v) is 1.73. The Kier molecular flexibility index (Phi) is 2.71. The molecule has 0 bridgehead atoms. The normalized spacial score (nSPS) is 9.71. The quantitative estimate of drug-likeness (QED) is 0.735. The summed E-state index contributed by atoms with van der Waals surface area (Å²) in [6.07, 6.45) is 3.45. The predicted molar refractivity (Wildman–Crippen MR) is 52.8 cm³/mol. The lowest BCUT2D eigenvalue weighted by atomic mass is 10.4. The monoisotopic (exact) mass is 186 g/mol. The van der Waals surface area contributed by atoms with Gasteiger partial charge in [0, 0.05) is 18.5 Å². The average Bonchev–Trinajstić information content (AvgIpc) is 2.29. The summed E-state index contributed by atoms with van der Waals surface area (Å²) >= 11 is 0. The summed E-state index contributed by atoms with van der Waals surface area (Å²) in [5, 5.41) is 0. The molecule has 0 N–H and O–H groups in total. The van der Waals surface area contributed by atoms with E-state index < -0.39 is 0 Å². The third-order valence-electron chi connectivity index (χ3n) is 1.73. The Balaban J connectivity index is 1.96. The third kappa shape index (κ3) is 2.29. The van der Waals surface area contributed by atoms with Gasteiger partial charge in [-0.15, -0.1) is 0 Å². The maximum Gasteiger partial charge on any atom is 0.213 e. The first-order valence-corrected chi connectivity index (χ1v) is 4.39. The largest absolute Gasteiger partial charge is 0.471 e. The van der Waals surface area contributed by atoms with Gasteiger partial charge in [0.1, 0.15) is 6.61 Å². The molecular formula is C11H10N2O. The summed E-state index contributed by atoms with van der Waals surface area (Å²) in [6, 6.07) is 11.3. The molecule has 2 heterocycles. The highest BCUT2D eigenvalue weighted by Gasteiger charge is 1.95. The van der Waals surface area contributed by atoms with Gasteiger partial charge in [-0.1, -0.05) is 12.1 Å². The zero-order valence-electron chi connectivity index (χ0n) is 7.63. The van der Waals surface area contributed by atoms with E-state index in [4.69, 9.17) is 4.74 Å². The van der Waals surface area contributed by atoms with Crippen molar-refractivity contribution >= 4 is 0 Å². The maximum atomic E-state index is 5.42. The number of hydrogen-bond donors (Lipinski definition) is 0. The van der Waals surface area contributed by atoms with Crippen LogP contribution in [0, 0.1) is 0 Å². The van der Waals surface area contributed by atoms with Crippen molar-refractivity contribution in [3.8, 4) is 5.88 Å². The van der Waals surface area contributed by atoms with Crippen LogP contribution in [-0.4, -0.2) is 9.97 Å². The minimum atomic E-state index is 0.456. The van der Waals surface area contributed by atoms with Gasteiger partial charge in [-0.2, -0.15) is 0 Å². The molecule has 0 saturated heterocycles. The summed E-state index contributed by atoms with van der Waals surface area (Å²) < 4.78 is 5.42. The fraction of sp³-hybridized carbons (Fsp3) is 0.0909. The molecule has 2 aromatic heterocycles. The molecule has 0 spiro atoms. The van der Waals surface area contributed by atoms with Crippen LogP contribution in [0.15, 0.2) is 48.8 Å². The van der Waals surface area contributed by atoms with Crippen LogP contribution in [0.25, 0.3) is 0 Å². The number of nitrogens with zero attached hydrogens (tertiary/aromatic N) is 2. The summed E-state index contributed by atoms with van der Waals surface area (Å²) in [5.74, 6) is 0.623. The number of aromatic nitrogens is 2. The van der Waals surface area contributed by atoms with E-state index in [0.29, 0.717) is 12.5 Å². The van der Waals surface area contributed by atoms with Crippen LogP contribution in [0.2, 0.25) is 0 Å². The minimum Gasteiger partial charge on any atom is -0.471 e. The van der Waals surface area contributed by atoms with E-state index in [9.17, 15) is 0 Å². The van der Waals surface area contributed by atoms with E-state index in [-0.39, 0.29) is 0 Å². The van der Waals surface area contributed by atoms with Crippen molar-refractivity contribution in [1.82, 2.24) is 9.97 Å². The van der Waals surface area contributed by atoms with Crippen LogP contribution in [0.1, 0.15) is 5.69 Å². The zero-order chi connectivity index (χ0) is 9.64. The number of rotatable bonds is 3. The molecule has 2 rings (SSSR count). The topological polar surface area (TPSA) is 35.0 Å². The minimum absolute atomic E-state index is 0.456. The molecule has 0 fully saturated rings. The van der Waals surface area contributed by atoms with Crippen LogP contribution in [-0.2, 0) is 6.61 Å². The van der Waals surface area contributed by atoms with Gasteiger partial charge in [0.05, 0.1) is 5.69 Å². The molecule has 2 aromatic rings. The van der Waals surface area contributed by atoms with Crippen molar-refractivity contribution < 1.29 is 4.74 Å². The van der Waals surface area contributed by atoms with Crippen LogP contribution >= 0.6 is 0 Å². The van der Waals surface area contributed by atoms with E-state index >= 15 is 0 Å². The summed E-state index contributed by atoms with van der Waals surface area (Å²) in [5.41, 5.74) is 0.901. The van der Waals surface area contributed by atoms with E-state index in [2.05, 4.69) is 9.97 Å².